The zero-order valence-electron chi connectivity index (χ0n) is 26.0. The van der Waals surface area contributed by atoms with Gasteiger partial charge in [-0.1, -0.05) is 18.2 Å². The van der Waals surface area contributed by atoms with E-state index in [-0.39, 0.29) is 41.1 Å². The molecule has 3 saturated heterocycles. The van der Waals surface area contributed by atoms with Crippen molar-refractivity contribution in [3.05, 3.63) is 46.2 Å². The van der Waals surface area contributed by atoms with Crippen molar-refractivity contribution in [1.82, 2.24) is 29.5 Å². The van der Waals surface area contributed by atoms with E-state index in [1.54, 1.807) is 22.5 Å². The Morgan fingerprint density at radius 2 is 1.65 bits per heavy atom. The molecule has 0 unspecified atom stereocenters. The minimum Gasteiger partial charge on any atom is -0.453 e. The highest BCUT2D eigenvalue weighted by Gasteiger charge is 2.41. The number of pyridine rings is 1. The number of hydrogen-bond donors (Lipinski definition) is 1. The molecule has 3 fully saturated rings. The van der Waals surface area contributed by atoms with Crippen molar-refractivity contribution < 1.29 is 19.1 Å². The monoisotopic (exact) mass is 594 g/mol. The van der Waals surface area contributed by atoms with Crippen molar-refractivity contribution in [1.29, 1.82) is 0 Å². The van der Waals surface area contributed by atoms with Crippen LogP contribution in [0, 0.1) is 0 Å². The summed E-state index contributed by atoms with van der Waals surface area (Å²) in [6, 6.07) is 10.0. The minimum absolute atomic E-state index is 0.00463. The van der Waals surface area contributed by atoms with Crippen LogP contribution in [0.4, 0.5) is 4.79 Å². The van der Waals surface area contributed by atoms with Gasteiger partial charge in [0.25, 0.3) is 11.5 Å². The Kier molecular flexibility index (Phi) is 9.71. The van der Waals surface area contributed by atoms with Crippen LogP contribution < -0.4 is 10.9 Å². The number of para-hydroxylation sites is 1. The Morgan fingerprint density at radius 3 is 2.28 bits per heavy atom. The van der Waals surface area contributed by atoms with Gasteiger partial charge in [-0.25, -0.2) is 4.79 Å². The number of fused-ring (bicyclic) bond motifs is 3. The molecule has 2 aromatic rings. The summed E-state index contributed by atoms with van der Waals surface area (Å²) < 4.78 is 6.80. The highest BCUT2D eigenvalue weighted by molar-refractivity contribution is 5.97. The maximum Gasteiger partial charge on any atom is 0.409 e. The number of benzene rings is 1. The van der Waals surface area contributed by atoms with Crippen LogP contribution in [-0.2, 0) is 9.53 Å². The van der Waals surface area contributed by atoms with Crippen molar-refractivity contribution in [2.24, 2.45) is 0 Å². The molecule has 2 bridgehead atoms. The second-order valence-electron chi connectivity index (χ2n) is 12.5. The maximum atomic E-state index is 13.4. The van der Waals surface area contributed by atoms with Crippen molar-refractivity contribution >= 4 is 28.8 Å². The number of piperidine rings is 1. The van der Waals surface area contributed by atoms with Gasteiger partial charge in [0.05, 0.1) is 12.6 Å². The molecule has 0 spiro atoms. The molecule has 11 nitrogen and oxygen atoms in total. The van der Waals surface area contributed by atoms with Gasteiger partial charge in [-0.3, -0.25) is 24.2 Å². The fraction of sp³-hybridized carbons (Fsp3) is 0.625. The Bertz CT molecular complexity index is 1370. The van der Waals surface area contributed by atoms with Crippen LogP contribution in [0.15, 0.2) is 35.1 Å². The van der Waals surface area contributed by atoms with Gasteiger partial charge in [0.1, 0.15) is 5.56 Å². The highest BCUT2D eigenvalue weighted by Crippen LogP contribution is 2.35. The normalized spacial score (nSPS) is 22.6. The fourth-order valence-electron chi connectivity index (χ4n) is 7.19. The average molecular weight is 595 g/mol. The lowest BCUT2D eigenvalue weighted by Gasteiger charge is -2.40. The van der Waals surface area contributed by atoms with E-state index in [0.29, 0.717) is 25.2 Å². The van der Waals surface area contributed by atoms with Crippen LogP contribution in [-0.4, -0.2) is 120 Å². The minimum atomic E-state index is -0.320. The summed E-state index contributed by atoms with van der Waals surface area (Å²) in [7, 11) is 1.42. The molecule has 3 atom stereocenters. The summed E-state index contributed by atoms with van der Waals surface area (Å²) in [5.74, 6) is -0.194. The molecule has 234 valence electrons. The number of nitrogens with one attached hydrogen (secondary N) is 1. The van der Waals surface area contributed by atoms with Gasteiger partial charge in [-0.05, 0) is 57.0 Å². The smallest absolute Gasteiger partial charge is 0.409 e. The van der Waals surface area contributed by atoms with Gasteiger partial charge in [-0.2, -0.15) is 0 Å². The molecule has 0 aliphatic carbocycles. The van der Waals surface area contributed by atoms with Crippen molar-refractivity contribution in [3.63, 3.8) is 0 Å². The molecule has 3 amide bonds. The first-order valence-corrected chi connectivity index (χ1v) is 15.7. The summed E-state index contributed by atoms with van der Waals surface area (Å²) in [4.78, 5) is 59.4. The number of carbonyl (C=O) groups is 3. The van der Waals surface area contributed by atoms with Gasteiger partial charge in [0.2, 0.25) is 5.91 Å². The lowest BCUT2D eigenvalue weighted by atomic mass is 9.96. The van der Waals surface area contributed by atoms with Crippen molar-refractivity contribution in [3.8, 4) is 0 Å². The summed E-state index contributed by atoms with van der Waals surface area (Å²) in [6.45, 7) is 11.2. The van der Waals surface area contributed by atoms with E-state index < -0.39 is 0 Å². The summed E-state index contributed by atoms with van der Waals surface area (Å²) in [6.07, 6.45) is 3.46. The molecular formula is C32H46N6O5. The molecule has 3 aliphatic heterocycles. The first-order chi connectivity index (χ1) is 20.7. The summed E-state index contributed by atoms with van der Waals surface area (Å²) in [5, 5.41) is 4.07. The molecule has 11 heteroatoms. The number of carbonyl (C=O) groups excluding carboxylic acids is 3. The zero-order chi connectivity index (χ0) is 30.7. The molecule has 0 radical (unpaired) electrons. The third-order valence-corrected chi connectivity index (χ3v) is 9.49. The Labute approximate surface area is 253 Å². The maximum absolute atomic E-state index is 13.4. The van der Waals surface area contributed by atoms with Crippen LogP contribution in [0.25, 0.3) is 10.9 Å². The number of hydrogen-bond acceptors (Lipinski definition) is 7. The van der Waals surface area contributed by atoms with Crippen LogP contribution in [0.2, 0.25) is 0 Å². The van der Waals surface area contributed by atoms with Crippen molar-refractivity contribution in [2.75, 3.05) is 59.5 Å². The molecule has 5 rings (SSSR count). The number of rotatable bonds is 9. The molecule has 1 N–H and O–H groups in total. The fourth-order valence-corrected chi connectivity index (χ4v) is 7.19. The number of aromatic nitrogens is 1. The molecule has 43 heavy (non-hydrogen) atoms. The number of amides is 3. The highest BCUT2D eigenvalue weighted by atomic mass is 16.5. The third kappa shape index (κ3) is 6.88. The second kappa shape index (κ2) is 13.5. The first-order valence-electron chi connectivity index (χ1n) is 15.7. The topological polar surface area (TPSA) is 107 Å². The second-order valence-corrected chi connectivity index (χ2v) is 12.5. The molecular weight excluding hydrogens is 548 g/mol. The number of methoxy groups -OCH3 is 1. The zero-order valence-corrected chi connectivity index (χ0v) is 26.0. The Hall–Kier alpha value is -3.44. The number of ether oxygens (including phenoxy) is 1. The van der Waals surface area contributed by atoms with Crippen LogP contribution in [0.5, 0.6) is 0 Å². The van der Waals surface area contributed by atoms with Crippen molar-refractivity contribution in [2.45, 2.75) is 70.6 Å². The SMILES string of the molecule is COC(=O)N(CCN1CCN(C(C)=O)CC1)CCN1[C@@H]2CC[C@H]1C[C@@H](NC(=O)c1cc3ccccc3n(C(C)C)c1=O)C2. The number of piperazine rings is 1. The quantitative estimate of drug-likeness (QED) is 0.476. The summed E-state index contributed by atoms with van der Waals surface area (Å²) in [5.41, 5.74) is 0.774. The molecule has 0 saturated carbocycles. The van der Waals surface area contributed by atoms with Gasteiger partial charge in [-0.15, -0.1) is 0 Å². The van der Waals surface area contributed by atoms with E-state index in [1.165, 1.54) is 7.11 Å². The standard InChI is InChI=1S/C32H46N6O5/c1-22(2)38-29-8-6-5-7-24(29)19-28(31(38)41)30(40)33-25-20-26-9-10-27(21-25)37(26)18-17-36(32(42)43-4)16-13-34-11-14-35(15-12-34)23(3)39/h5-8,19,22,25-27H,9-18,20-21H2,1-4H3,(H,33,40)/t25-,26+,27-. The Balaban J connectivity index is 1.17. The van der Waals surface area contributed by atoms with Crippen LogP contribution >= 0.6 is 0 Å². The predicted octanol–water partition coefficient (Wildman–Crippen LogP) is 2.54. The molecule has 3 aliphatic rings. The molecule has 1 aromatic carbocycles. The molecule has 4 heterocycles. The van der Waals surface area contributed by atoms with Gasteiger partial charge in [0, 0.05) is 83.4 Å². The van der Waals surface area contributed by atoms with Gasteiger partial charge in [0.15, 0.2) is 0 Å². The first kappa shape index (κ1) is 31.0. The van der Waals surface area contributed by atoms with Crippen LogP contribution in [0.3, 0.4) is 0 Å². The van der Waals surface area contributed by atoms with E-state index in [1.807, 2.05) is 43.0 Å². The molecule has 1 aromatic heterocycles. The lowest BCUT2D eigenvalue weighted by molar-refractivity contribution is -0.130. The number of nitrogens with zero attached hydrogens (tertiary/aromatic N) is 5. The van der Waals surface area contributed by atoms with Gasteiger partial charge < -0.3 is 24.4 Å². The largest absolute Gasteiger partial charge is 0.453 e. The van der Waals surface area contributed by atoms with E-state index in [0.717, 1.165) is 75.9 Å². The van der Waals surface area contributed by atoms with Crippen LogP contribution in [0.1, 0.15) is 62.9 Å². The summed E-state index contributed by atoms with van der Waals surface area (Å²) >= 11 is 0. The third-order valence-electron chi connectivity index (χ3n) is 9.49. The van der Waals surface area contributed by atoms with E-state index in [4.69, 9.17) is 4.74 Å². The van der Waals surface area contributed by atoms with E-state index in [2.05, 4.69) is 15.1 Å². The van der Waals surface area contributed by atoms with Gasteiger partial charge >= 0.3 is 6.09 Å². The average Bonchev–Trinajstić information content (AvgIpc) is 3.23. The Morgan fingerprint density at radius 1 is 1.00 bits per heavy atom. The van der Waals surface area contributed by atoms with E-state index >= 15 is 0 Å². The lowest BCUT2D eigenvalue weighted by Crippen LogP contribution is -2.53. The predicted molar refractivity (Wildman–Crippen MR) is 165 cm³/mol. The van der Waals surface area contributed by atoms with E-state index in [9.17, 15) is 19.2 Å².